The van der Waals surface area contributed by atoms with Crippen molar-refractivity contribution in [3.8, 4) is 0 Å². The van der Waals surface area contributed by atoms with Gasteiger partial charge < -0.3 is 25.1 Å². The first-order valence-corrected chi connectivity index (χ1v) is 15.7. The Morgan fingerprint density at radius 2 is 1.55 bits per heavy atom. The molecule has 0 aliphatic carbocycles. The van der Waals surface area contributed by atoms with E-state index in [1.165, 1.54) is 6.92 Å². The van der Waals surface area contributed by atoms with Crippen molar-refractivity contribution in [2.24, 2.45) is 5.41 Å². The molecule has 9 nitrogen and oxygen atoms in total. The zero-order valence-corrected chi connectivity index (χ0v) is 27.8. The molecule has 2 aromatic rings. The van der Waals surface area contributed by atoms with Crippen molar-refractivity contribution in [2.75, 3.05) is 31.2 Å². The Kier molecular flexibility index (Phi) is 10.4. The molecule has 0 spiro atoms. The topological polar surface area (TPSA) is 95.2 Å². The van der Waals surface area contributed by atoms with E-state index in [1.807, 2.05) is 35.2 Å². The number of carbonyl (C=O) groups excluding carboxylic acids is 2. The van der Waals surface area contributed by atoms with E-state index >= 15 is 0 Å². The average Bonchev–Trinajstić information content (AvgIpc) is 3.35. The number of anilines is 1. The molecule has 2 heterocycles. The number of carbonyl (C=O) groups is 2. The largest absolute Gasteiger partial charge is 0.375 e. The molecule has 0 unspecified atom stereocenters. The third-order valence-corrected chi connectivity index (χ3v) is 7.93. The van der Waals surface area contributed by atoms with Crippen LogP contribution in [0.5, 0.6) is 0 Å². The van der Waals surface area contributed by atoms with Crippen LogP contribution in [0.2, 0.25) is 0 Å². The highest BCUT2D eigenvalue weighted by Crippen LogP contribution is 2.40. The van der Waals surface area contributed by atoms with Crippen LogP contribution in [-0.4, -0.2) is 54.3 Å². The first-order chi connectivity index (χ1) is 20.7. The number of rotatable bonds is 12. The molecule has 2 aromatic carbocycles. The van der Waals surface area contributed by atoms with Gasteiger partial charge in [-0.2, -0.15) is 0 Å². The molecule has 0 saturated carbocycles. The molecule has 0 radical (unpaired) electrons. The normalized spacial score (nSPS) is 15.2. The van der Waals surface area contributed by atoms with Crippen molar-refractivity contribution >= 4 is 28.9 Å². The van der Waals surface area contributed by atoms with Gasteiger partial charge in [0.05, 0.1) is 48.0 Å². The SMILES string of the molecule is CC(=O)NCCC(=O)N1Cc2ccccc2C2=C(c3ccccc31)N(CCC(C)(C)OCCC(C)(C)OCC(C)(C)C)NN2. The number of hydrogen-bond donors (Lipinski definition) is 3. The summed E-state index contributed by atoms with van der Waals surface area (Å²) in [5.41, 5.74) is 12.2. The van der Waals surface area contributed by atoms with E-state index in [-0.39, 0.29) is 34.9 Å². The number of hydrogen-bond acceptors (Lipinski definition) is 7. The van der Waals surface area contributed by atoms with Crippen molar-refractivity contribution in [3.63, 3.8) is 0 Å². The maximum atomic E-state index is 13.6. The number of fused-ring (bicyclic) bond motifs is 4. The summed E-state index contributed by atoms with van der Waals surface area (Å²) in [6.07, 6.45) is 1.79. The molecular formula is C35H51N5O4. The van der Waals surface area contributed by atoms with Gasteiger partial charge in [0.1, 0.15) is 0 Å². The van der Waals surface area contributed by atoms with Crippen LogP contribution in [0.3, 0.4) is 0 Å². The quantitative estimate of drug-likeness (QED) is 0.289. The summed E-state index contributed by atoms with van der Waals surface area (Å²) in [7, 11) is 0. The van der Waals surface area contributed by atoms with E-state index in [0.717, 1.165) is 46.6 Å². The maximum absolute atomic E-state index is 13.6. The summed E-state index contributed by atoms with van der Waals surface area (Å²) < 4.78 is 12.6. The minimum absolute atomic E-state index is 0.0422. The number of ether oxygens (including phenoxy) is 2. The predicted molar refractivity (Wildman–Crippen MR) is 176 cm³/mol. The fraction of sp³-hybridized carbons (Fsp3) is 0.543. The summed E-state index contributed by atoms with van der Waals surface area (Å²) in [5.74, 6) is -0.186. The summed E-state index contributed by atoms with van der Waals surface area (Å²) >= 11 is 0. The van der Waals surface area contributed by atoms with Crippen molar-refractivity contribution in [1.29, 1.82) is 0 Å². The number of hydrazine groups is 2. The summed E-state index contributed by atoms with van der Waals surface area (Å²) in [5, 5.41) is 4.88. The van der Waals surface area contributed by atoms with Crippen molar-refractivity contribution in [2.45, 2.75) is 92.4 Å². The summed E-state index contributed by atoms with van der Waals surface area (Å²) in [4.78, 5) is 26.9. The molecule has 9 heteroatoms. The lowest BCUT2D eigenvalue weighted by atomic mass is 9.95. The first-order valence-electron chi connectivity index (χ1n) is 15.7. The van der Waals surface area contributed by atoms with Crippen LogP contribution in [0, 0.1) is 5.41 Å². The molecule has 44 heavy (non-hydrogen) atoms. The molecule has 4 rings (SSSR count). The standard InChI is InChI=1S/C35H51N5O4/c1-25(41)36-20-17-30(42)39-23-26-13-9-10-14-27(26)31-32(28-15-11-12-16-29(28)39)40(38-37-31)21-18-34(5,6)43-22-19-35(7,8)44-24-33(2,3)4/h9-16,37-38H,17-24H2,1-8H3,(H,36,41). The Bertz CT molecular complexity index is 1360. The van der Waals surface area contributed by atoms with Gasteiger partial charge in [-0.05, 0) is 57.6 Å². The fourth-order valence-corrected chi connectivity index (χ4v) is 5.30. The van der Waals surface area contributed by atoms with Crippen molar-refractivity contribution in [1.82, 2.24) is 21.3 Å². The minimum atomic E-state index is -0.365. The van der Waals surface area contributed by atoms with E-state index < -0.39 is 0 Å². The number of nitrogens with zero attached hydrogens (tertiary/aromatic N) is 2. The molecule has 0 atom stereocenters. The molecule has 2 aliphatic heterocycles. The van der Waals surface area contributed by atoms with Gasteiger partial charge in [0, 0.05) is 37.6 Å². The van der Waals surface area contributed by atoms with Crippen LogP contribution in [-0.2, 0) is 25.6 Å². The summed E-state index contributed by atoms with van der Waals surface area (Å²) in [6, 6.07) is 16.2. The lowest BCUT2D eigenvalue weighted by Gasteiger charge is -2.33. The minimum Gasteiger partial charge on any atom is -0.375 e. The zero-order valence-electron chi connectivity index (χ0n) is 27.8. The lowest BCUT2D eigenvalue weighted by molar-refractivity contribution is -0.120. The number of nitrogens with one attached hydrogen (secondary N) is 3. The van der Waals surface area contributed by atoms with E-state index in [9.17, 15) is 9.59 Å². The van der Waals surface area contributed by atoms with Crippen molar-refractivity contribution < 1.29 is 19.1 Å². The lowest BCUT2D eigenvalue weighted by Crippen LogP contribution is -2.41. The maximum Gasteiger partial charge on any atom is 0.229 e. The Labute approximate surface area is 263 Å². The molecule has 0 fully saturated rings. The monoisotopic (exact) mass is 605 g/mol. The van der Waals surface area contributed by atoms with Gasteiger partial charge in [-0.15, -0.1) is 5.53 Å². The Morgan fingerprint density at radius 1 is 0.886 bits per heavy atom. The smallest absolute Gasteiger partial charge is 0.229 e. The second-order valence-electron chi connectivity index (χ2n) is 14.2. The Balaban J connectivity index is 1.53. The van der Waals surface area contributed by atoms with Crippen LogP contribution in [0.25, 0.3) is 11.4 Å². The number of para-hydroxylation sites is 1. The highest BCUT2D eigenvalue weighted by Gasteiger charge is 2.34. The third kappa shape index (κ3) is 8.83. The fourth-order valence-electron chi connectivity index (χ4n) is 5.30. The van der Waals surface area contributed by atoms with E-state index in [2.05, 4.69) is 88.0 Å². The Hall–Kier alpha value is -3.40. The van der Waals surface area contributed by atoms with Gasteiger partial charge in [0.2, 0.25) is 11.8 Å². The van der Waals surface area contributed by atoms with E-state index in [1.54, 1.807) is 0 Å². The number of benzene rings is 2. The second-order valence-corrected chi connectivity index (χ2v) is 14.2. The highest BCUT2D eigenvalue weighted by atomic mass is 16.5. The van der Waals surface area contributed by atoms with Crippen LogP contribution < -0.4 is 21.2 Å². The summed E-state index contributed by atoms with van der Waals surface area (Å²) in [6.45, 7) is 19.2. The van der Waals surface area contributed by atoms with Gasteiger partial charge in [0.25, 0.3) is 0 Å². The first kappa shape index (κ1) is 33.5. The predicted octanol–water partition coefficient (Wildman–Crippen LogP) is 5.63. The van der Waals surface area contributed by atoms with Gasteiger partial charge in [-0.25, -0.2) is 0 Å². The molecule has 240 valence electrons. The van der Waals surface area contributed by atoms with Gasteiger partial charge in [-0.3, -0.25) is 14.6 Å². The van der Waals surface area contributed by atoms with Crippen LogP contribution in [0.4, 0.5) is 5.69 Å². The van der Waals surface area contributed by atoms with Crippen LogP contribution >= 0.6 is 0 Å². The van der Waals surface area contributed by atoms with E-state index in [0.29, 0.717) is 32.8 Å². The van der Waals surface area contributed by atoms with Gasteiger partial charge >= 0.3 is 0 Å². The van der Waals surface area contributed by atoms with Crippen molar-refractivity contribution in [3.05, 3.63) is 65.2 Å². The van der Waals surface area contributed by atoms with Gasteiger partial charge in [0.15, 0.2) is 0 Å². The average molecular weight is 606 g/mol. The molecular weight excluding hydrogens is 554 g/mol. The molecule has 2 amide bonds. The third-order valence-electron chi connectivity index (χ3n) is 7.93. The molecule has 0 bridgehead atoms. The number of amides is 2. The van der Waals surface area contributed by atoms with Gasteiger partial charge in [-0.1, -0.05) is 63.2 Å². The highest BCUT2D eigenvalue weighted by molar-refractivity contribution is 6.02. The van der Waals surface area contributed by atoms with E-state index in [4.69, 9.17) is 9.47 Å². The Morgan fingerprint density at radius 3 is 2.25 bits per heavy atom. The molecule has 2 aliphatic rings. The molecule has 3 N–H and O–H groups in total. The second kappa shape index (κ2) is 13.7. The molecule has 0 aromatic heterocycles. The van der Waals surface area contributed by atoms with Crippen LogP contribution in [0.15, 0.2) is 48.5 Å². The molecule has 0 saturated heterocycles. The van der Waals surface area contributed by atoms with Crippen LogP contribution in [0.1, 0.15) is 91.3 Å². The zero-order chi connectivity index (χ0) is 32.1.